The highest BCUT2D eigenvalue weighted by atomic mass is 16.2. The van der Waals surface area contributed by atoms with E-state index in [1.165, 1.54) is 0 Å². The molecule has 2 aromatic rings. The number of aryl methyl sites for hydroxylation is 2. The van der Waals surface area contributed by atoms with Crippen LogP contribution in [0, 0.1) is 12.8 Å². The van der Waals surface area contributed by atoms with Gasteiger partial charge in [0.2, 0.25) is 5.91 Å². The SMILES string of the molecule is Cc1ccccc1NC(=O)C1CCCN(C(=O)c2nn(C)c3c2CNCC3)C1. The molecule has 1 saturated heterocycles. The number of anilines is 1. The maximum atomic E-state index is 13.2. The monoisotopic (exact) mass is 381 g/mol. The summed E-state index contributed by atoms with van der Waals surface area (Å²) in [5.41, 5.74) is 4.54. The molecule has 7 nitrogen and oxygen atoms in total. The zero-order valence-corrected chi connectivity index (χ0v) is 16.5. The number of piperidine rings is 1. The molecule has 1 aromatic carbocycles. The number of aromatic nitrogens is 2. The molecule has 2 aliphatic rings. The smallest absolute Gasteiger partial charge is 0.274 e. The molecule has 28 heavy (non-hydrogen) atoms. The third-order valence-electron chi connectivity index (χ3n) is 5.80. The first-order valence-electron chi connectivity index (χ1n) is 9.96. The number of carbonyl (C=O) groups excluding carboxylic acids is 2. The highest BCUT2D eigenvalue weighted by Gasteiger charge is 2.32. The minimum Gasteiger partial charge on any atom is -0.336 e. The number of likely N-dealkylation sites (tertiary alicyclic amines) is 1. The van der Waals surface area contributed by atoms with Crippen LogP contribution in [0.2, 0.25) is 0 Å². The van der Waals surface area contributed by atoms with Crippen LogP contribution in [0.15, 0.2) is 24.3 Å². The Morgan fingerprint density at radius 1 is 1.29 bits per heavy atom. The van der Waals surface area contributed by atoms with Crippen LogP contribution in [0.25, 0.3) is 0 Å². The van der Waals surface area contributed by atoms with E-state index in [0.717, 1.165) is 48.3 Å². The Kier molecular flexibility index (Phi) is 5.17. The Balaban J connectivity index is 1.47. The van der Waals surface area contributed by atoms with Crippen molar-refractivity contribution in [3.8, 4) is 0 Å². The molecular weight excluding hydrogens is 354 g/mol. The molecule has 0 spiro atoms. The van der Waals surface area contributed by atoms with E-state index in [1.54, 1.807) is 4.90 Å². The summed E-state index contributed by atoms with van der Waals surface area (Å²) < 4.78 is 1.83. The minimum atomic E-state index is -0.199. The summed E-state index contributed by atoms with van der Waals surface area (Å²) in [5.74, 6) is -0.277. The maximum Gasteiger partial charge on any atom is 0.274 e. The minimum absolute atomic E-state index is 0.0171. The Hall–Kier alpha value is -2.67. The molecule has 2 aliphatic heterocycles. The van der Waals surface area contributed by atoms with Gasteiger partial charge in [-0.15, -0.1) is 0 Å². The van der Waals surface area contributed by atoms with Gasteiger partial charge in [0.1, 0.15) is 0 Å². The third kappa shape index (κ3) is 3.54. The van der Waals surface area contributed by atoms with Crippen molar-refractivity contribution in [2.24, 2.45) is 13.0 Å². The van der Waals surface area contributed by atoms with Gasteiger partial charge < -0.3 is 15.5 Å². The Labute approximate surface area is 165 Å². The van der Waals surface area contributed by atoms with E-state index in [4.69, 9.17) is 0 Å². The zero-order chi connectivity index (χ0) is 19.7. The molecule has 3 heterocycles. The quantitative estimate of drug-likeness (QED) is 0.851. The standard InChI is InChI=1S/C21H27N5O2/c1-14-6-3-4-8-17(14)23-20(27)15-7-5-11-26(13-15)21(28)19-16-12-22-10-9-18(16)25(2)24-19/h3-4,6,8,15,22H,5,7,9-13H2,1-2H3,(H,23,27). The summed E-state index contributed by atoms with van der Waals surface area (Å²) in [5, 5.41) is 10.9. The van der Waals surface area contributed by atoms with Crippen LogP contribution in [0.3, 0.4) is 0 Å². The third-order valence-corrected chi connectivity index (χ3v) is 5.80. The molecule has 0 aliphatic carbocycles. The predicted octanol–water partition coefficient (Wildman–Crippen LogP) is 1.87. The number of rotatable bonds is 3. The van der Waals surface area contributed by atoms with Crippen molar-refractivity contribution in [1.82, 2.24) is 20.0 Å². The van der Waals surface area contributed by atoms with Gasteiger partial charge in [0, 0.05) is 56.6 Å². The number of para-hydroxylation sites is 1. The lowest BCUT2D eigenvalue weighted by molar-refractivity contribution is -0.121. The van der Waals surface area contributed by atoms with Crippen molar-refractivity contribution < 1.29 is 9.59 Å². The number of amides is 2. The van der Waals surface area contributed by atoms with Crippen molar-refractivity contribution in [3.63, 3.8) is 0 Å². The van der Waals surface area contributed by atoms with Gasteiger partial charge in [0.05, 0.1) is 5.92 Å². The number of hydrogen-bond donors (Lipinski definition) is 2. The molecule has 4 rings (SSSR count). The second-order valence-electron chi connectivity index (χ2n) is 7.72. The molecule has 1 aromatic heterocycles. The van der Waals surface area contributed by atoms with E-state index in [2.05, 4.69) is 15.7 Å². The molecule has 148 valence electrons. The van der Waals surface area contributed by atoms with Crippen molar-refractivity contribution in [3.05, 3.63) is 46.8 Å². The summed E-state index contributed by atoms with van der Waals surface area (Å²) in [6.07, 6.45) is 2.50. The fourth-order valence-corrected chi connectivity index (χ4v) is 4.17. The van der Waals surface area contributed by atoms with Crippen LogP contribution >= 0.6 is 0 Å². The van der Waals surface area contributed by atoms with E-state index in [9.17, 15) is 9.59 Å². The average Bonchev–Trinajstić information content (AvgIpc) is 3.06. The van der Waals surface area contributed by atoms with E-state index in [0.29, 0.717) is 25.3 Å². The van der Waals surface area contributed by atoms with E-state index in [1.807, 2.05) is 42.9 Å². The largest absolute Gasteiger partial charge is 0.336 e. The van der Waals surface area contributed by atoms with E-state index in [-0.39, 0.29) is 17.7 Å². The molecule has 1 atom stereocenters. The Bertz CT molecular complexity index is 904. The number of hydrogen-bond acceptors (Lipinski definition) is 4. The van der Waals surface area contributed by atoms with Crippen LogP contribution in [0.1, 0.15) is 40.2 Å². The van der Waals surface area contributed by atoms with Crippen molar-refractivity contribution >= 4 is 17.5 Å². The van der Waals surface area contributed by atoms with Gasteiger partial charge in [-0.3, -0.25) is 14.3 Å². The number of nitrogens with one attached hydrogen (secondary N) is 2. The van der Waals surface area contributed by atoms with Crippen LogP contribution in [-0.2, 0) is 24.8 Å². The maximum absolute atomic E-state index is 13.2. The summed E-state index contributed by atoms with van der Waals surface area (Å²) >= 11 is 0. The van der Waals surface area contributed by atoms with Crippen molar-refractivity contribution in [1.29, 1.82) is 0 Å². The van der Waals surface area contributed by atoms with Gasteiger partial charge in [0.15, 0.2) is 5.69 Å². The fraction of sp³-hybridized carbons (Fsp3) is 0.476. The zero-order valence-electron chi connectivity index (χ0n) is 16.5. The molecule has 0 bridgehead atoms. The van der Waals surface area contributed by atoms with Gasteiger partial charge in [-0.2, -0.15) is 5.10 Å². The van der Waals surface area contributed by atoms with Crippen molar-refractivity contribution in [2.45, 2.75) is 32.7 Å². The van der Waals surface area contributed by atoms with E-state index >= 15 is 0 Å². The Morgan fingerprint density at radius 2 is 2.11 bits per heavy atom. The highest BCUT2D eigenvalue weighted by molar-refractivity contribution is 5.96. The van der Waals surface area contributed by atoms with Gasteiger partial charge in [-0.25, -0.2) is 0 Å². The van der Waals surface area contributed by atoms with Crippen molar-refractivity contribution in [2.75, 3.05) is 25.0 Å². The molecule has 1 unspecified atom stereocenters. The van der Waals surface area contributed by atoms with Gasteiger partial charge in [-0.1, -0.05) is 18.2 Å². The summed E-state index contributed by atoms with van der Waals surface area (Å²) in [7, 11) is 1.90. The highest BCUT2D eigenvalue weighted by Crippen LogP contribution is 2.24. The summed E-state index contributed by atoms with van der Waals surface area (Å²) in [6.45, 7) is 4.67. The first-order chi connectivity index (χ1) is 13.5. The lowest BCUT2D eigenvalue weighted by atomic mass is 9.96. The van der Waals surface area contributed by atoms with Gasteiger partial charge in [0.25, 0.3) is 5.91 Å². The van der Waals surface area contributed by atoms with Crippen LogP contribution in [0.5, 0.6) is 0 Å². The summed E-state index contributed by atoms with van der Waals surface area (Å²) in [6, 6.07) is 7.75. The number of carbonyl (C=O) groups is 2. The first kappa shape index (κ1) is 18.7. The average molecular weight is 381 g/mol. The molecule has 0 radical (unpaired) electrons. The second kappa shape index (κ2) is 7.75. The summed E-state index contributed by atoms with van der Waals surface area (Å²) in [4.78, 5) is 27.7. The molecule has 2 N–H and O–H groups in total. The molecule has 7 heteroatoms. The van der Waals surface area contributed by atoms with Crippen LogP contribution in [0.4, 0.5) is 5.69 Å². The molecular formula is C21H27N5O2. The van der Waals surface area contributed by atoms with Gasteiger partial charge in [-0.05, 0) is 31.4 Å². The normalized spacial score (nSPS) is 19.2. The lowest BCUT2D eigenvalue weighted by Crippen LogP contribution is -2.44. The second-order valence-corrected chi connectivity index (χ2v) is 7.72. The number of nitrogens with zero attached hydrogens (tertiary/aromatic N) is 3. The Morgan fingerprint density at radius 3 is 2.93 bits per heavy atom. The van der Waals surface area contributed by atoms with Crippen LogP contribution < -0.4 is 10.6 Å². The van der Waals surface area contributed by atoms with E-state index < -0.39 is 0 Å². The molecule has 1 fully saturated rings. The lowest BCUT2D eigenvalue weighted by Gasteiger charge is -2.32. The molecule has 2 amide bonds. The van der Waals surface area contributed by atoms with Gasteiger partial charge >= 0.3 is 0 Å². The fourth-order valence-electron chi connectivity index (χ4n) is 4.17. The molecule has 0 saturated carbocycles. The predicted molar refractivity (Wildman–Crippen MR) is 107 cm³/mol. The van der Waals surface area contributed by atoms with Crippen LogP contribution in [-0.4, -0.2) is 46.1 Å². The number of fused-ring (bicyclic) bond motifs is 1. The first-order valence-corrected chi connectivity index (χ1v) is 9.96. The number of benzene rings is 1. The topological polar surface area (TPSA) is 79.3 Å².